The van der Waals surface area contributed by atoms with Crippen molar-refractivity contribution < 1.29 is 14.6 Å². The van der Waals surface area contributed by atoms with Crippen LogP contribution in [-0.2, 0) is 0 Å². The molecule has 0 aliphatic rings. The van der Waals surface area contributed by atoms with Crippen LogP contribution < -0.4 is 4.74 Å². The second-order valence-corrected chi connectivity index (χ2v) is 3.01. The molecule has 0 spiro atoms. The van der Waals surface area contributed by atoms with Crippen LogP contribution >= 0.6 is 11.6 Å². The molecule has 0 atom stereocenters. The van der Waals surface area contributed by atoms with Crippen LogP contribution in [-0.4, -0.2) is 23.9 Å². The molecule has 0 radical (unpaired) electrons. The quantitative estimate of drug-likeness (QED) is 0.628. The molecule has 0 aliphatic heterocycles. The van der Waals surface area contributed by atoms with E-state index in [0.29, 0.717) is 0 Å². The molecule has 4 nitrogen and oxygen atoms in total. The van der Waals surface area contributed by atoms with Gasteiger partial charge in [0.1, 0.15) is 23.1 Å². The highest BCUT2D eigenvalue weighted by Crippen LogP contribution is 2.28. The molecule has 1 aromatic carbocycles. The van der Waals surface area contributed by atoms with Gasteiger partial charge in [-0.2, -0.15) is 5.26 Å². The Morgan fingerprint density at radius 1 is 1.67 bits per heavy atom. The number of rotatable bonds is 3. The Balaban J connectivity index is 3.33. The number of aromatic hydroxyl groups is 1. The average molecular weight is 226 g/mol. The maximum atomic E-state index is 11.3. The van der Waals surface area contributed by atoms with Crippen molar-refractivity contribution in [3.63, 3.8) is 0 Å². The first-order chi connectivity index (χ1) is 7.13. The minimum absolute atomic E-state index is 0.00335. The number of ketones is 1. The average Bonchev–Trinajstić information content (AvgIpc) is 2.26. The molecule has 0 unspecified atom stereocenters. The lowest BCUT2D eigenvalue weighted by atomic mass is 10.1. The van der Waals surface area contributed by atoms with Gasteiger partial charge in [-0.15, -0.1) is 11.6 Å². The van der Waals surface area contributed by atoms with Gasteiger partial charge in [-0.3, -0.25) is 4.79 Å². The molecule has 0 bridgehead atoms. The molecular weight excluding hydrogens is 218 g/mol. The highest BCUT2D eigenvalue weighted by atomic mass is 35.5. The van der Waals surface area contributed by atoms with Crippen LogP contribution in [0.4, 0.5) is 0 Å². The number of methoxy groups -OCH3 is 1. The van der Waals surface area contributed by atoms with Crippen molar-refractivity contribution in [2.45, 2.75) is 0 Å². The molecule has 0 aliphatic carbocycles. The molecule has 15 heavy (non-hydrogen) atoms. The zero-order valence-electron chi connectivity index (χ0n) is 7.95. The minimum atomic E-state index is -0.338. The standard InChI is InChI=1S/C10H8ClNO3/c1-15-10-3-6(9(14)4-11)2-8(13)7(10)5-12/h2-3,13H,4H2,1H3. The lowest BCUT2D eigenvalue weighted by molar-refractivity contribution is 0.102. The van der Waals surface area contributed by atoms with Crippen molar-refractivity contribution in [2.75, 3.05) is 13.0 Å². The van der Waals surface area contributed by atoms with Crippen LogP contribution in [0.2, 0.25) is 0 Å². The third-order valence-corrected chi connectivity index (χ3v) is 2.10. The first-order valence-corrected chi connectivity index (χ1v) is 4.57. The molecule has 0 amide bonds. The zero-order chi connectivity index (χ0) is 11.4. The van der Waals surface area contributed by atoms with Crippen LogP contribution in [0.25, 0.3) is 0 Å². The van der Waals surface area contributed by atoms with Crippen molar-refractivity contribution in [2.24, 2.45) is 0 Å². The summed E-state index contributed by atoms with van der Waals surface area (Å²) in [5, 5.41) is 18.2. The first-order valence-electron chi connectivity index (χ1n) is 4.04. The van der Waals surface area contributed by atoms with Crippen molar-refractivity contribution in [1.29, 1.82) is 5.26 Å². The number of benzene rings is 1. The second-order valence-electron chi connectivity index (χ2n) is 2.74. The molecule has 0 aromatic heterocycles. The fourth-order valence-corrected chi connectivity index (χ4v) is 1.27. The van der Waals surface area contributed by atoms with E-state index < -0.39 is 0 Å². The van der Waals surface area contributed by atoms with Gasteiger partial charge in [-0.05, 0) is 12.1 Å². The lowest BCUT2D eigenvalue weighted by Crippen LogP contribution is -2.01. The van der Waals surface area contributed by atoms with Gasteiger partial charge in [-0.1, -0.05) is 0 Å². The lowest BCUT2D eigenvalue weighted by Gasteiger charge is -2.06. The number of nitrogens with zero attached hydrogens (tertiary/aromatic N) is 1. The van der Waals surface area contributed by atoms with E-state index in [1.807, 2.05) is 0 Å². The summed E-state index contributed by atoms with van der Waals surface area (Å²) in [6.45, 7) is 0. The van der Waals surface area contributed by atoms with E-state index in [1.54, 1.807) is 6.07 Å². The van der Waals surface area contributed by atoms with Crippen LogP contribution in [0.15, 0.2) is 12.1 Å². The SMILES string of the molecule is COc1cc(C(=O)CCl)cc(O)c1C#N. The Kier molecular flexibility index (Phi) is 3.53. The van der Waals surface area contributed by atoms with Crippen LogP contribution in [0, 0.1) is 11.3 Å². The highest BCUT2D eigenvalue weighted by molar-refractivity contribution is 6.30. The number of phenols is 1. The summed E-state index contributed by atoms with van der Waals surface area (Å²) >= 11 is 5.37. The summed E-state index contributed by atoms with van der Waals surface area (Å²) < 4.78 is 4.87. The molecule has 5 heteroatoms. The predicted molar refractivity (Wildman–Crippen MR) is 54.4 cm³/mol. The number of Topliss-reactive ketones (excluding diaryl/α,β-unsaturated/α-hetero) is 1. The number of carbonyl (C=O) groups is 1. The number of hydrogen-bond acceptors (Lipinski definition) is 4. The van der Waals surface area contributed by atoms with Gasteiger partial charge in [0.25, 0.3) is 0 Å². The summed E-state index contributed by atoms with van der Waals surface area (Å²) in [4.78, 5) is 11.3. The Morgan fingerprint density at radius 2 is 2.33 bits per heavy atom. The first kappa shape index (κ1) is 11.3. The van der Waals surface area contributed by atoms with Crippen molar-refractivity contribution >= 4 is 17.4 Å². The van der Waals surface area contributed by atoms with Gasteiger partial charge in [-0.25, -0.2) is 0 Å². The topological polar surface area (TPSA) is 70.3 Å². The van der Waals surface area contributed by atoms with Crippen LogP contribution in [0.1, 0.15) is 15.9 Å². The van der Waals surface area contributed by atoms with E-state index in [0.717, 1.165) is 0 Å². The predicted octanol–water partition coefficient (Wildman–Crippen LogP) is 1.69. The summed E-state index contributed by atoms with van der Waals surface area (Å²) in [6.07, 6.45) is 0. The second kappa shape index (κ2) is 4.67. The number of carbonyl (C=O) groups excluding carboxylic acids is 1. The molecule has 1 N–H and O–H groups in total. The summed E-state index contributed by atoms with van der Waals surface area (Å²) in [6, 6.07) is 4.36. The third kappa shape index (κ3) is 2.20. The van der Waals surface area contributed by atoms with Crippen LogP contribution in [0.3, 0.4) is 0 Å². The molecule has 0 heterocycles. The molecule has 0 saturated heterocycles. The Hall–Kier alpha value is -1.73. The van der Waals surface area contributed by atoms with E-state index in [9.17, 15) is 9.90 Å². The number of phenolic OH excluding ortho intramolecular Hbond substituents is 1. The molecule has 1 aromatic rings. The maximum Gasteiger partial charge on any atom is 0.177 e. The van der Waals surface area contributed by atoms with E-state index in [-0.39, 0.29) is 34.3 Å². The van der Waals surface area contributed by atoms with E-state index >= 15 is 0 Å². The Bertz CT molecular complexity index is 437. The van der Waals surface area contributed by atoms with Gasteiger partial charge >= 0.3 is 0 Å². The molecular formula is C10H8ClNO3. The number of halogens is 1. The number of alkyl halides is 1. The van der Waals surface area contributed by atoms with Crippen molar-refractivity contribution in [1.82, 2.24) is 0 Å². The zero-order valence-corrected chi connectivity index (χ0v) is 8.71. The third-order valence-electron chi connectivity index (χ3n) is 1.86. The van der Waals surface area contributed by atoms with Crippen molar-refractivity contribution in [3.8, 4) is 17.6 Å². The van der Waals surface area contributed by atoms with E-state index in [4.69, 9.17) is 21.6 Å². The van der Waals surface area contributed by atoms with Crippen LogP contribution in [0.5, 0.6) is 11.5 Å². The van der Waals surface area contributed by atoms with Gasteiger partial charge in [0.2, 0.25) is 0 Å². The van der Waals surface area contributed by atoms with E-state index in [1.165, 1.54) is 19.2 Å². The highest BCUT2D eigenvalue weighted by Gasteiger charge is 2.14. The fourth-order valence-electron chi connectivity index (χ4n) is 1.11. The van der Waals surface area contributed by atoms with Crippen molar-refractivity contribution in [3.05, 3.63) is 23.3 Å². The summed E-state index contributed by atoms with van der Waals surface area (Å²) in [7, 11) is 1.35. The van der Waals surface area contributed by atoms with Gasteiger partial charge in [0.05, 0.1) is 13.0 Å². The van der Waals surface area contributed by atoms with Gasteiger partial charge in [0.15, 0.2) is 5.78 Å². The largest absolute Gasteiger partial charge is 0.506 e. The monoisotopic (exact) mass is 225 g/mol. The molecule has 0 saturated carbocycles. The molecule has 78 valence electrons. The molecule has 1 rings (SSSR count). The normalized spacial score (nSPS) is 9.40. The fraction of sp³-hybridized carbons (Fsp3) is 0.200. The maximum absolute atomic E-state index is 11.3. The van der Waals surface area contributed by atoms with E-state index in [2.05, 4.69) is 0 Å². The van der Waals surface area contributed by atoms with Gasteiger partial charge in [0, 0.05) is 5.56 Å². The Morgan fingerprint density at radius 3 is 2.80 bits per heavy atom. The number of hydrogen-bond donors (Lipinski definition) is 1. The summed E-state index contributed by atoms with van der Waals surface area (Å²) in [5.74, 6) is -0.653. The molecule has 0 fully saturated rings. The smallest absolute Gasteiger partial charge is 0.177 e. The number of nitriles is 1. The van der Waals surface area contributed by atoms with Gasteiger partial charge < -0.3 is 9.84 Å². The number of ether oxygens (including phenoxy) is 1. The summed E-state index contributed by atoms with van der Waals surface area (Å²) in [5.41, 5.74) is 0.224. The minimum Gasteiger partial charge on any atom is -0.506 e. The Labute approximate surface area is 91.7 Å².